The number of carbonyl (C=O) groups excluding carboxylic acids is 2. The monoisotopic (exact) mass is 430 g/mol. The molecule has 0 aliphatic carbocycles. The molecule has 3 aromatic rings. The molecule has 8 heteroatoms. The Morgan fingerprint density at radius 2 is 1.81 bits per heavy atom. The largest absolute Gasteiger partial charge is 0.396 e. The molecule has 0 atom stereocenters. The standard InChI is InChI=1S/C24H26N6O2/c1-15-8-9-18(16(2)10-15)14-30(13-17-6-4-3-5-7-17)24(32)23(31)29-20-12-28-22(27)19(11-25)21(20)26/h3-12,25H,13-14H2,1-2H3,(H,29,31)(H4,26,27,28). The summed E-state index contributed by atoms with van der Waals surface area (Å²) < 4.78 is 0. The number of nitrogens with two attached hydrogens (primary N) is 2. The molecule has 0 aliphatic rings. The average molecular weight is 431 g/mol. The van der Waals surface area contributed by atoms with Crippen molar-refractivity contribution in [1.82, 2.24) is 9.88 Å². The van der Waals surface area contributed by atoms with E-state index in [9.17, 15) is 9.59 Å². The predicted molar refractivity (Wildman–Crippen MR) is 126 cm³/mol. The number of carbonyl (C=O) groups is 2. The van der Waals surface area contributed by atoms with Crippen LogP contribution < -0.4 is 16.8 Å². The molecule has 8 nitrogen and oxygen atoms in total. The summed E-state index contributed by atoms with van der Waals surface area (Å²) >= 11 is 0. The van der Waals surface area contributed by atoms with Gasteiger partial charge in [0.05, 0.1) is 23.1 Å². The van der Waals surface area contributed by atoms with Gasteiger partial charge in [-0.05, 0) is 30.5 Å². The first-order valence-corrected chi connectivity index (χ1v) is 10.0. The van der Waals surface area contributed by atoms with E-state index in [-0.39, 0.29) is 35.8 Å². The first kappa shape index (κ1) is 22.5. The number of hydrogen-bond acceptors (Lipinski definition) is 6. The van der Waals surface area contributed by atoms with Crippen molar-refractivity contribution < 1.29 is 9.59 Å². The molecule has 1 aromatic heterocycles. The summed E-state index contributed by atoms with van der Waals surface area (Å²) in [6.07, 6.45) is 2.23. The molecule has 0 saturated heterocycles. The molecular weight excluding hydrogens is 404 g/mol. The summed E-state index contributed by atoms with van der Waals surface area (Å²) in [5.41, 5.74) is 16.1. The predicted octanol–water partition coefficient (Wildman–Crippen LogP) is 3.03. The highest BCUT2D eigenvalue weighted by Crippen LogP contribution is 2.24. The summed E-state index contributed by atoms with van der Waals surface area (Å²) in [5.74, 6) is -1.48. The maximum atomic E-state index is 13.2. The summed E-state index contributed by atoms with van der Waals surface area (Å²) in [7, 11) is 0. The average Bonchev–Trinajstić information content (AvgIpc) is 2.77. The third kappa shape index (κ3) is 5.10. The topological polar surface area (TPSA) is 138 Å². The minimum absolute atomic E-state index is 0.0716. The second kappa shape index (κ2) is 9.74. The van der Waals surface area contributed by atoms with Crippen molar-refractivity contribution in [2.24, 2.45) is 0 Å². The summed E-state index contributed by atoms with van der Waals surface area (Å²) in [6.45, 7) is 4.52. The van der Waals surface area contributed by atoms with Crippen LogP contribution in [0.2, 0.25) is 0 Å². The second-order valence-electron chi connectivity index (χ2n) is 7.56. The number of amides is 2. The number of hydrogen-bond donors (Lipinski definition) is 4. The maximum Gasteiger partial charge on any atom is 0.314 e. The number of nitrogen functional groups attached to an aromatic ring is 2. The van der Waals surface area contributed by atoms with Gasteiger partial charge < -0.3 is 27.1 Å². The fourth-order valence-corrected chi connectivity index (χ4v) is 3.36. The van der Waals surface area contributed by atoms with Gasteiger partial charge in [0.15, 0.2) is 0 Å². The number of nitrogens with zero attached hydrogens (tertiary/aromatic N) is 2. The van der Waals surface area contributed by atoms with Crippen LogP contribution in [0.25, 0.3) is 0 Å². The molecule has 0 unspecified atom stereocenters. The van der Waals surface area contributed by atoms with Crippen LogP contribution in [0, 0.1) is 19.3 Å². The van der Waals surface area contributed by atoms with E-state index in [0.717, 1.165) is 28.5 Å². The maximum absolute atomic E-state index is 13.2. The van der Waals surface area contributed by atoms with Crippen LogP contribution in [0.4, 0.5) is 17.2 Å². The van der Waals surface area contributed by atoms with E-state index in [1.807, 2.05) is 62.4 Å². The van der Waals surface area contributed by atoms with Crippen molar-refractivity contribution in [2.45, 2.75) is 26.9 Å². The SMILES string of the molecule is Cc1ccc(CN(Cc2ccccc2)C(=O)C(=O)Nc2cnc(N)c(C=N)c2N)c(C)c1. The quantitative estimate of drug-likeness (QED) is 0.352. The van der Waals surface area contributed by atoms with Crippen LogP contribution in [0.15, 0.2) is 54.7 Å². The molecule has 0 spiro atoms. The molecule has 6 N–H and O–H groups in total. The Hall–Kier alpha value is -4.20. The number of aromatic nitrogens is 1. The van der Waals surface area contributed by atoms with Gasteiger partial charge in [0.1, 0.15) is 5.82 Å². The number of nitrogens with one attached hydrogen (secondary N) is 2. The Morgan fingerprint density at radius 3 is 2.47 bits per heavy atom. The highest BCUT2D eigenvalue weighted by atomic mass is 16.2. The number of pyridine rings is 1. The zero-order valence-corrected chi connectivity index (χ0v) is 18.1. The van der Waals surface area contributed by atoms with Gasteiger partial charge in [-0.2, -0.15) is 0 Å². The molecule has 0 saturated carbocycles. The molecule has 164 valence electrons. The van der Waals surface area contributed by atoms with Crippen LogP contribution >= 0.6 is 0 Å². The first-order chi connectivity index (χ1) is 15.3. The van der Waals surface area contributed by atoms with E-state index in [1.165, 1.54) is 11.1 Å². The van der Waals surface area contributed by atoms with Crippen LogP contribution in [0.3, 0.4) is 0 Å². The van der Waals surface area contributed by atoms with Gasteiger partial charge >= 0.3 is 11.8 Å². The molecular formula is C24H26N6O2. The van der Waals surface area contributed by atoms with Gasteiger partial charge in [0.25, 0.3) is 0 Å². The van der Waals surface area contributed by atoms with E-state index >= 15 is 0 Å². The minimum Gasteiger partial charge on any atom is -0.396 e. The van der Waals surface area contributed by atoms with Gasteiger partial charge in [-0.3, -0.25) is 9.59 Å². The van der Waals surface area contributed by atoms with Gasteiger partial charge in [-0.25, -0.2) is 4.98 Å². The second-order valence-corrected chi connectivity index (χ2v) is 7.56. The number of rotatable bonds is 6. The number of aryl methyl sites for hydroxylation is 2. The molecule has 1 heterocycles. The van der Waals surface area contributed by atoms with Crippen molar-refractivity contribution in [3.63, 3.8) is 0 Å². The molecule has 0 aliphatic heterocycles. The molecule has 0 bridgehead atoms. The van der Waals surface area contributed by atoms with Crippen molar-refractivity contribution in [3.05, 3.63) is 82.5 Å². The lowest BCUT2D eigenvalue weighted by molar-refractivity contribution is -0.144. The van der Waals surface area contributed by atoms with Crippen LogP contribution in [0.1, 0.15) is 27.8 Å². The van der Waals surface area contributed by atoms with E-state index in [4.69, 9.17) is 16.9 Å². The Labute approximate surface area is 186 Å². The lowest BCUT2D eigenvalue weighted by Gasteiger charge is -2.24. The van der Waals surface area contributed by atoms with E-state index in [2.05, 4.69) is 10.3 Å². The Kier molecular flexibility index (Phi) is 6.84. The van der Waals surface area contributed by atoms with Crippen molar-refractivity contribution in [2.75, 3.05) is 16.8 Å². The van der Waals surface area contributed by atoms with Gasteiger partial charge in [-0.15, -0.1) is 0 Å². The highest BCUT2D eigenvalue weighted by molar-refractivity contribution is 6.39. The minimum atomic E-state index is -0.847. The zero-order valence-electron chi connectivity index (χ0n) is 18.1. The lowest BCUT2D eigenvalue weighted by Crippen LogP contribution is -2.39. The van der Waals surface area contributed by atoms with Crippen LogP contribution in [0.5, 0.6) is 0 Å². The third-order valence-electron chi connectivity index (χ3n) is 5.14. The van der Waals surface area contributed by atoms with Gasteiger partial charge in [-0.1, -0.05) is 54.1 Å². The molecule has 2 amide bonds. The van der Waals surface area contributed by atoms with E-state index < -0.39 is 11.8 Å². The zero-order chi connectivity index (χ0) is 23.3. The van der Waals surface area contributed by atoms with Crippen molar-refractivity contribution >= 4 is 35.2 Å². The van der Waals surface area contributed by atoms with Crippen LogP contribution in [-0.2, 0) is 22.7 Å². The van der Waals surface area contributed by atoms with Gasteiger partial charge in [0.2, 0.25) is 0 Å². The number of anilines is 3. The fourth-order valence-electron chi connectivity index (χ4n) is 3.36. The molecule has 2 aromatic carbocycles. The Morgan fingerprint density at radius 1 is 1.09 bits per heavy atom. The lowest BCUT2D eigenvalue weighted by atomic mass is 10.0. The van der Waals surface area contributed by atoms with Crippen molar-refractivity contribution in [3.8, 4) is 0 Å². The summed E-state index contributed by atoms with van der Waals surface area (Å²) in [5, 5.41) is 9.94. The summed E-state index contributed by atoms with van der Waals surface area (Å²) in [6, 6.07) is 15.4. The number of benzene rings is 2. The van der Waals surface area contributed by atoms with Crippen LogP contribution in [-0.4, -0.2) is 27.9 Å². The van der Waals surface area contributed by atoms with Crippen molar-refractivity contribution in [1.29, 1.82) is 5.41 Å². The third-order valence-corrected chi connectivity index (χ3v) is 5.14. The molecule has 0 radical (unpaired) electrons. The molecule has 3 rings (SSSR count). The Balaban J connectivity index is 1.87. The fraction of sp³-hybridized carbons (Fsp3) is 0.167. The molecule has 0 fully saturated rings. The highest BCUT2D eigenvalue weighted by Gasteiger charge is 2.24. The van der Waals surface area contributed by atoms with Gasteiger partial charge in [0, 0.05) is 19.3 Å². The summed E-state index contributed by atoms with van der Waals surface area (Å²) in [4.78, 5) is 31.4. The Bertz CT molecular complexity index is 1160. The van der Waals surface area contributed by atoms with E-state index in [1.54, 1.807) is 0 Å². The normalized spacial score (nSPS) is 10.4. The van der Waals surface area contributed by atoms with E-state index in [0.29, 0.717) is 0 Å². The molecule has 32 heavy (non-hydrogen) atoms. The first-order valence-electron chi connectivity index (χ1n) is 10.0. The smallest absolute Gasteiger partial charge is 0.314 e.